The predicted octanol–water partition coefficient (Wildman–Crippen LogP) is 15.4. The van der Waals surface area contributed by atoms with Crippen molar-refractivity contribution in [2.45, 2.75) is 12.8 Å². The molecule has 1 aliphatic rings. The highest BCUT2D eigenvalue weighted by atomic mass is 16.3. The standard InChI is InChI=1S/C54H37NO2/c1-2-4-6-17-25-48-42(24-16-5-3-1)43-32-39(26-29-49(43)55(48)41-22-14-9-15-23-41)40-28-31-51-45(34-40)47-35-46-44-33-38(36-18-10-7-11-19-36)27-30-50(44)56-53(46)52(54(47)57-51)37-20-12-8-13-21-37/h3-35H,1-2H2/b5-3+,6-4-,24-16+,25-17-. The number of nitrogens with zero attached hydrogens (tertiary/aromatic N) is 1. The Balaban J connectivity index is 1.14. The van der Waals surface area contributed by atoms with Crippen LogP contribution in [0.4, 0.5) is 0 Å². The lowest BCUT2D eigenvalue weighted by atomic mass is 9.96. The summed E-state index contributed by atoms with van der Waals surface area (Å²) in [6.45, 7) is 0. The fourth-order valence-electron chi connectivity index (χ4n) is 8.55. The van der Waals surface area contributed by atoms with E-state index in [1.165, 1.54) is 22.0 Å². The molecule has 57 heavy (non-hydrogen) atoms. The van der Waals surface area contributed by atoms with Crippen LogP contribution in [0, 0.1) is 0 Å². The molecule has 0 fully saturated rings. The van der Waals surface area contributed by atoms with Crippen molar-refractivity contribution >= 4 is 66.9 Å². The van der Waals surface area contributed by atoms with Crippen LogP contribution in [0.15, 0.2) is 197 Å². The average Bonchev–Trinajstić information content (AvgIpc) is 3.92. The van der Waals surface area contributed by atoms with Gasteiger partial charge in [0.05, 0.1) is 16.8 Å². The molecule has 0 spiro atoms. The van der Waals surface area contributed by atoms with Crippen LogP contribution in [-0.4, -0.2) is 4.57 Å². The third-order valence-electron chi connectivity index (χ3n) is 11.3. The molecule has 3 aromatic heterocycles. The van der Waals surface area contributed by atoms with Crippen LogP contribution in [-0.2, 0) is 0 Å². The topological polar surface area (TPSA) is 31.2 Å². The molecule has 3 nitrogen and oxygen atoms in total. The van der Waals surface area contributed by atoms with Gasteiger partial charge in [0, 0.05) is 38.2 Å². The van der Waals surface area contributed by atoms with Gasteiger partial charge >= 0.3 is 0 Å². The van der Waals surface area contributed by atoms with E-state index in [9.17, 15) is 0 Å². The van der Waals surface area contributed by atoms with E-state index in [4.69, 9.17) is 8.83 Å². The number of aromatic nitrogens is 1. The van der Waals surface area contributed by atoms with Gasteiger partial charge in [0.1, 0.15) is 22.3 Å². The molecule has 0 atom stereocenters. The third-order valence-corrected chi connectivity index (χ3v) is 11.3. The Morgan fingerprint density at radius 1 is 0.404 bits per heavy atom. The first-order valence-electron chi connectivity index (χ1n) is 19.7. The molecule has 0 bridgehead atoms. The quantitative estimate of drug-likeness (QED) is 0.180. The van der Waals surface area contributed by atoms with Gasteiger partial charge in [-0.05, 0) is 101 Å². The zero-order chi connectivity index (χ0) is 37.7. The Morgan fingerprint density at radius 2 is 0.930 bits per heavy atom. The van der Waals surface area contributed by atoms with Crippen molar-refractivity contribution in [2.75, 3.05) is 0 Å². The molecule has 0 unspecified atom stereocenters. The zero-order valence-corrected chi connectivity index (χ0v) is 31.2. The molecule has 270 valence electrons. The van der Waals surface area contributed by atoms with Crippen LogP contribution < -0.4 is 0 Å². The molecule has 0 saturated carbocycles. The second-order valence-electron chi connectivity index (χ2n) is 14.7. The first kappa shape index (κ1) is 33.0. The number of furan rings is 2. The minimum Gasteiger partial charge on any atom is -0.455 e. The molecule has 0 amide bonds. The summed E-state index contributed by atoms with van der Waals surface area (Å²) in [6.07, 6.45) is 19.7. The van der Waals surface area contributed by atoms with Crippen molar-refractivity contribution in [3.63, 3.8) is 0 Å². The Kier molecular flexibility index (Phi) is 7.96. The van der Waals surface area contributed by atoms with Crippen molar-refractivity contribution in [3.8, 4) is 39.1 Å². The van der Waals surface area contributed by atoms with Crippen molar-refractivity contribution in [1.29, 1.82) is 0 Å². The minimum atomic E-state index is 0.831. The maximum atomic E-state index is 6.80. The SMILES string of the molecule is C1=C\CC/C=C/C=C/c2c(n(-c3ccccc3)c3ccc(-c4ccc5oc6c(-c7ccccc7)c7oc8ccc(-c9ccccc9)cc8c7cc6c5c4)cc23)\C=C/1. The van der Waals surface area contributed by atoms with Crippen LogP contribution in [0.3, 0.4) is 0 Å². The van der Waals surface area contributed by atoms with Crippen molar-refractivity contribution in [3.05, 3.63) is 199 Å². The number of rotatable bonds is 4. The first-order chi connectivity index (χ1) is 28.3. The summed E-state index contributed by atoms with van der Waals surface area (Å²) in [5.41, 5.74) is 14.7. The van der Waals surface area contributed by atoms with E-state index < -0.39 is 0 Å². The van der Waals surface area contributed by atoms with Crippen molar-refractivity contribution in [2.24, 2.45) is 0 Å². The van der Waals surface area contributed by atoms with Gasteiger partial charge in [-0.25, -0.2) is 0 Å². The highest BCUT2D eigenvalue weighted by molar-refractivity contribution is 6.22. The average molecular weight is 732 g/mol. The van der Waals surface area contributed by atoms with Crippen molar-refractivity contribution in [1.82, 2.24) is 4.57 Å². The normalized spacial score (nSPS) is 15.4. The van der Waals surface area contributed by atoms with Gasteiger partial charge in [0.15, 0.2) is 0 Å². The van der Waals surface area contributed by atoms with Gasteiger partial charge in [-0.15, -0.1) is 0 Å². The van der Waals surface area contributed by atoms with Crippen LogP contribution in [0.1, 0.15) is 24.1 Å². The number of allylic oxidation sites excluding steroid dienone is 6. The van der Waals surface area contributed by atoms with Gasteiger partial charge in [-0.1, -0.05) is 140 Å². The molecule has 3 heterocycles. The Morgan fingerprint density at radius 3 is 1.56 bits per heavy atom. The molecule has 10 aromatic rings. The maximum absolute atomic E-state index is 6.80. The molecule has 3 heteroatoms. The van der Waals surface area contributed by atoms with Crippen LogP contribution in [0.5, 0.6) is 0 Å². The minimum absolute atomic E-state index is 0.831. The summed E-state index contributed by atoms with van der Waals surface area (Å²) in [4.78, 5) is 0. The molecule has 0 aliphatic heterocycles. The van der Waals surface area contributed by atoms with Gasteiger partial charge in [0.2, 0.25) is 0 Å². The summed E-state index contributed by atoms with van der Waals surface area (Å²) in [6, 6.07) is 53.9. The molecule has 0 radical (unpaired) electrons. The Labute approximate surface area is 330 Å². The lowest BCUT2D eigenvalue weighted by Crippen LogP contribution is -1.96. The van der Waals surface area contributed by atoms with Gasteiger partial charge in [0.25, 0.3) is 0 Å². The summed E-state index contributed by atoms with van der Waals surface area (Å²) < 4.78 is 15.9. The summed E-state index contributed by atoms with van der Waals surface area (Å²) in [5, 5.41) is 5.51. The zero-order valence-electron chi connectivity index (χ0n) is 31.2. The molecule has 1 aliphatic carbocycles. The van der Waals surface area contributed by atoms with Crippen LogP contribution in [0.2, 0.25) is 0 Å². The maximum Gasteiger partial charge on any atom is 0.147 e. The lowest BCUT2D eigenvalue weighted by Gasteiger charge is -2.09. The number of para-hydroxylation sites is 1. The number of hydrogen-bond donors (Lipinski definition) is 0. The molecule has 0 N–H and O–H groups in total. The monoisotopic (exact) mass is 731 g/mol. The van der Waals surface area contributed by atoms with E-state index in [-0.39, 0.29) is 0 Å². The van der Waals surface area contributed by atoms with Gasteiger partial charge in [-0.3, -0.25) is 0 Å². The molecule has 7 aromatic carbocycles. The third kappa shape index (κ3) is 5.67. The van der Waals surface area contributed by atoms with E-state index >= 15 is 0 Å². The van der Waals surface area contributed by atoms with Crippen LogP contribution in [0.25, 0.3) is 106 Å². The highest BCUT2D eigenvalue weighted by Crippen LogP contribution is 2.46. The van der Waals surface area contributed by atoms with E-state index in [1.54, 1.807) is 0 Å². The number of fused-ring (bicyclic) bond motifs is 9. The van der Waals surface area contributed by atoms with Gasteiger partial charge < -0.3 is 13.4 Å². The summed E-state index contributed by atoms with van der Waals surface area (Å²) in [7, 11) is 0. The smallest absolute Gasteiger partial charge is 0.147 e. The van der Waals surface area contributed by atoms with E-state index in [2.05, 4.69) is 199 Å². The highest BCUT2D eigenvalue weighted by Gasteiger charge is 2.22. The predicted molar refractivity (Wildman–Crippen MR) is 240 cm³/mol. The molecule has 0 saturated heterocycles. The Bertz CT molecular complexity index is 3260. The molecule has 11 rings (SSSR count). The van der Waals surface area contributed by atoms with Crippen molar-refractivity contribution < 1.29 is 8.83 Å². The number of benzene rings is 7. The Hall–Kier alpha value is -7.36. The largest absolute Gasteiger partial charge is 0.455 e. The van der Waals surface area contributed by atoms with E-state index in [0.29, 0.717) is 0 Å². The second-order valence-corrected chi connectivity index (χ2v) is 14.7. The molecular formula is C54H37NO2. The summed E-state index contributed by atoms with van der Waals surface area (Å²) >= 11 is 0. The van der Waals surface area contributed by atoms with Gasteiger partial charge in [-0.2, -0.15) is 0 Å². The second kappa shape index (κ2) is 13.7. The van der Waals surface area contributed by atoms with E-state index in [0.717, 1.165) is 95.9 Å². The lowest BCUT2D eigenvalue weighted by molar-refractivity contribution is 0.658. The summed E-state index contributed by atoms with van der Waals surface area (Å²) in [5.74, 6) is 0. The molecular weight excluding hydrogens is 695 g/mol. The van der Waals surface area contributed by atoms with Crippen LogP contribution >= 0.6 is 0 Å². The van der Waals surface area contributed by atoms with E-state index in [1.807, 2.05) is 6.07 Å². The first-order valence-corrected chi connectivity index (χ1v) is 19.7. The number of hydrogen-bond acceptors (Lipinski definition) is 2. The fourth-order valence-corrected chi connectivity index (χ4v) is 8.55. The fraction of sp³-hybridized carbons (Fsp3) is 0.0370.